The lowest BCUT2D eigenvalue weighted by Gasteiger charge is -2.12. The van der Waals surface area contributed by atoms with Crippen LogP contribution in [0.1, 0.15) is 23.0 Å². The predicted octanol–water partition coefficient (Wildman–Crippen LogP) is 4.82. The third kappa shape index (κ3) is 4.64. The zero-order valence-corrected chi connectivity index (χ0v) is 17.0. The van der Waals surface area contributed by atoms with E-state index in [1.807, 2.05) is 19.1 Å². The molecule has 0 unspecified atom stereocenters. The molecule has 0 atom stereocenters. The summed E-state index contributed by atoms with van der Waals surface area (Å²) in [5.74, 6) is -0.336. The van der Waals surface area contributed by atoms with Crippen molar-refractivity contribution in [3.63, 3.8) is 0 Å². The molecule has 30 heavy (non-hydrogen) atoms. The van der Waals surface area contributed by atoms with Crippen LogP contribution < -0.4 is 0 Å². The molecule has 2 aromatic rings. The molecular weight excluding hydrogens is 402 g/mol. The van der Waals surface area contributed by atoms with Gasteiger partial charge in [0.25, 0.3) is 11.1 Å². The highest BCUT2D eigenvalue weighted by Gasteiger charge is 2.33. The fourth-order valence-electron chi connectivity index (χ4n) is 2.84. The normalized spacial score (nSPS) is 15.8. The number of hydrogen-bond donors (Lipinski definition) is 1. The van der Waals surface area contributed by atoms with E-state index in [2.05, 4.69) is 6.58 Å². The smallest absolute Gasteiger partial charge is 0.335 e. The zero-order valence-electron chi connectivity index (χ0n) is 16.2. The minimum atomic E-state index is -0.996. The molecule has 1 aromatic heterocycles. The van der Waals surface area contributed by atoms with Crippen LogP contribution >= 0.6 is 12.2 Å². The second kappa shape index (κ2) is 9.19. The molecule has 7 heteroatoms. The minimum Gasteiger partial charge on any atom is -0.478 e. The number of thiocarbonyl (C=S) groups is 1. The molecule has 1 aliphatic rings. The second-order valence-electron chi connectivity index (χ2n) is 6.33. The van der Waals surface area contributed by atoms with E-state index in [0.29, 0.717) is 17.1 Å². The van der Waals surface area contributed by atoms with Crippen molar-refractivity contribution in [3.05, 3.63) is 89.9 Å². The number of nitrogens with zero attached hydrogens (tertiary/aromatic N) is 1. The Balaban J connectivity index is 1.78. The van der Waals surface area contributed by atoms with Crippen LogP contribution in [0, 0.1) is 0 Å². The Morgan fingerprint density at radius 3 is 2.60 bits per heavy atom. The van der Waals surface area contributed by atoms with Gasteiger partial charge in [-0.3, -0.25) is 9.69 Å². The summed E-state index contributed by atoms with van der Waals surface area (Å²) in [5, 5.41) is 9.06. The van der Waals surface area contributed by atoms with Crippen molar-refractivity contribution in [1.82, 2.24) is 4.90 Å². The molecule has 0 spiro atoms. The van der Waals surface area contributed by atoms with Gasteiger partial charge in [0.05, 0.1) is 12.1 Å². The van der Waals surface area contributed by atoms with Gasteiger partial charge in [0.1, 0.15) is 11.5 Å². The third-order valence-electron chi connectivity index (χ3n) is 4.24. The molecule has 1 aliphatic heterocycles. The van der Waals surface area contributed by atoms with E-state index < -0.39 is 5.97 Å². The van der Waals surface area contributed by atoms with Gasteiger partial charge in [-0.25, -0.2) is 4.79 Å². The molecule has 152 valence electrons. The molecular formula is C23H19NO5S. The first kappa shape index (κ1) is 21.0. The van der Waals surface area contributed by atoms with Crippen molar-refractivity contribution in [1.29, 1.82) is 0 Å². The summed E-state index contributed by atoms with van der Waals surface area (Å²) in [5.41, 5.74) is 1.76. The highest BCUT2D eigenvalue weighted by atomic mass is 32.1. The van der Waals surface area contributed by atoms with E-state index in [1.54, 1.807) is 36.4 Å². The largest absolute Gasteiger partial charge is 0.478 e. The summed E-state index contributed by atoms with van der Waals surface area (Å²) in [7, 11) is 0. The van der Waals surface area contributed by atoms with Crippen LogP contribution in [0.25, 0.3) is 17.4 Å². The monoisotopic (exact) mass is 421 g/mol. The van der Waals surface area contributed by atoms with Crippen molar-refractivity contribution >= 4 is 35.3 Å². The molecule has 1 aromatic carbocycles. The van der Waals surface area contributed by atoms with E-state index in [1.165, 1.54) is 23.1 Å². The van der Waals surface area contributed by atoms with Gasteiger partial charge in [-0.1, -0.05) is 43.0 Å². The van der Waals surface area contributed by atoms with Crippen molar-refractivity contribution in [2.75, 3.05) is 6.54 Å². The number of hydrogen-bond acceptors (Lipinski definition) is 5. The zero-order chi connectivity index (χ0) is 21.7. The van der Waals surface area contributed by atoms with Crippen LogP contribution in [0.15, 0.2) is 83.0 Å². The van der Waals surface area contributed by atoms with E-state index >= 15 is 0 Å². The van der Waals surface area contributed by atoms with Crippen molar-refractivity contribution in [3.8, 4) is 11.3 Å². The van der Waals surface area contributed by atoms with Crippen molar-refractivity contribution in [2.45, 2.75) is 6.92 Å². The van der Waals surface area contributed by atoms with Gasteiger partial charge in [0, 0.05) is 11.6 Å². The number of carboxylic acids is 1. The maximum absolute atomic E-state index is 12.7. The van der Waals surface area contributed by atoms with Gasteiger partial charge in [-0.15, -0.1) is 0 Å². The summed E-state index contributed by atoms with van der Waals surface area (Å²) >= 11 is 5.20. The molecule has 1 saturated heterocycles. The Kier molecular flexibility index (Phi) is 6.44. The highest BCUT2D eigenvalue weighted by Crippen LogP contribution is 2.26. The van der Waals surface area contributed by atoms with Crippen LogP contribution in [0.2, 0.25) is 0 Å². The molecule has 0 saturated carbocycles. The highest BCUT2D eigenvalue weighted by molar-refractivity contribution is 7.80. The lowest BCUT2D eigenvalue weighted by Crippen LogP contribution is -2.30. The fourth-order valence-corrected chi connectivity index (χ4v) is 3.07. The first-order valence-electron chi connectivity index (χ1n) is 9.06. The predicted molar refractivity (Wildman–Crippen MR) is 118 cm³/mol. The van der Waals surface area contributed by atoms with Crippen LogP contribution in [-0.4, -0.2) is 33.6 Å². The van der Waals surface area contributed by atoms with E-state index in [-0.39, 0.29) is 28.9 Å². The first-order valence-corrected chi connectivity index (χ1v) is 9.47. The van der Waals surface area contributed by atoms with Gasteiger partial charge in [0.2, 0.25) is 0 Å². The fraction of sp³-hybridized carbons (Fsp3) is 0.0870. The van der Waals surface area contributed by atoms with Gasteiger partial charge in [-0.2, -0.15) is 0 Å². The molecule has 1 N–H and O–H groups in total. The minimum absolute atomic E-state index is 0.0700. The Morgan fingerprint density at radius 1 is 1.23 bits per heavy atom. The lowest BCUT2D eigenvalue weighted by atomic mass is 10.1. The summed E-state index contributed by atoms with van der Waals surface area (Å²) in [4.78, 5) is 25.0. The summed E-state index contributed by atoms with van der Waals surface area (Å²) < 4.78 is 11.2. The summed E-state index contributed by atoms with van der Waals surface area (Å²) in [6.07, 6.45) is 8.66. The first-order chi connectivity index (χ1) is 14.4. The quantitative estimate of drug-likeness (QED) is 0.392. The van der Waals surface area contributed by atoms with Gasteiger partial charge < -0.3 is 14.3 Å². The van der Waals surface area contributed by atoms with Crippen LogP contribution in [0.3, 0.4) is 0 Å². The topological polar surface area (TPSA) is 80.0 Å². The molecule has 3 rings (SSSR count). The summed E-state index contributed by atoms with van der Waals surface area (Å²) in [6.45, 7) is 5.83. The van der Waals surface area contributed by atoms with E-state index in [4.69, 9.17) is 26.5 Å². The Morgan fingerprint density at radius 2 is 1.97 bits per heavy atom. The number of carbonyl (C=O) groups is 2. The number of rotatable bonds is 7. The Hall–Kier alpha value is -3.71. The van der Waals surface area contributed by atoms with Gasteiger partial charge >= 0.3 is 5.97 Å². The Labute approximate surface area is 179 Å². The number of carboxylic acid groups (broad SMARTS) is 1. The van der Waals surface area contributed by atoms with Gasteiger partial charge in [-0.05, 0) is 49.0 Å². The van der Waals surface area contributed by atoms with Crippen molar-refractivity contribution in [2.24, 2.45) is 0 Å². The number of amides is 1. The molecule has 0 bridgehead atoms. The Bertz CT molecular complexity index is 1090. The van der Waals surface area contributed by atoms with Crippen LogP contribution in [-0.2, 0) is 9.53 Å². The maximum Gasteiger partial charge on any atom is 0.335 e. The maximum atomic E-state index is 12.7. The summed E-state index contributed by atoms with van der Waals surface area (Å²) in [6, 6.07) is 9.73. The standard InChI is InChI=1S/C23H19NO5S/c1-3-5-15(6-4-2)14-24-21(25)20(29-23(24)30)13-18-11-12-19(28-18)16-7-9-17(10-8-16)22(26)27/h3-13H,1,14H2,2H3,(H,26,27)/b6-4-,15-5+,20-13-. The number of furan rings is 1. The average molecular weight is 421 g/mol. The van der Waals surface area contributed by atoms with E-state index in [9.17, 15) is 9.59 Å². The van der Waals surface area contributed by atoms with Gasteiger partial charge in [0.15, 0.2) is 5.76 Å². The number of allylic oxidation sites excluding steroid dienone is 3. The second-order valence-corrected chi connectivity index (χ2v) is 6.68. The number of ether oxygens (including phenoxy) is 1. The SMILES string of the molecule is C=C/C=C(\C=C/C)CN1C(=O)/C(=C/c2ccc(-c3ccc(C(=O)O)cc3)o2)OC1=S. The number of carbonyl (C=O) groups excluding carboxylic acids is 1. The molecule has 2 heterocycles. The number of aromatic carboxylic acids is 1. The molecule has 0 radical (unpaired) electrons. The molecule has 6 nitrogen and oxygen atoms in total. The number of benzene rings is 1. The van der Waals surface area contributed by atoms with Crippen LogP contribution in [0.4, 0.5) is 0 Å². The molecule has 1 amide bonds. The molecule has 0 aliphatic carbocycles. The average Bonchev–Trinajstić information content (AvgIpc) is 3.29. The van der Waals surface area contributed by atoms with E-state index in [0.717, 1.165) is 5.57 Å². The third-order valence-corrected chi connectivity index (χ3v) is 4.55. The van der Waals surface area contributed by atoms with Crippen LogP contribution in [0.5, 0.6) is 0 Å². The lowest BCUT2D eigenvalue weighted by molar-refractivity contribution is -0.122. The molecule has 1 fully saturated rings. The van der Waals surface area contributed by atoms with Crippen molar-refractivity contribution < 1.29 is 23.8 Å².